The summed E-state index contributed by atoms with van der Waals surface area (Å²) < 4.78 is 1.92. The fourth-order valence-corrected chi connectivity index (χ4v) is 4.56. The standard InChI is InChI=1S/C24H29N5OS/c1-19(2)21-10-8-20(9-11-21)16-27-12-14-28(15-13-27)23(30)17-31-24-26-25-18-29(24)22-6-4-3-5-7-22/h3-11,18-19H,12-17H2,1-2H3. The Hall–Kier alpha value is -2.64. The lowest BCUT2D eigenvalue weighted by Gasteiger charge is -2.34. The van der Waals surface area contributed by atoms with Crippen LogP contribution >= 0.6 is 11.8 Å². The third-order valence-electron chi connectivity index (χ3n) is 5.65. The fraction of sp³-hybridized carbons (Fsp3) is 0.375. The second-order valence-electron chi connectivity index (χ2n) is 8.16. The zero-order valence-corrected chi connectivity index (χ0v) is 19.0. The van der Waals surface area contributed by atoms with Gasteiger partial charge < -0.3 is 4.90 Å². The van der Waals surface area contributed by atoms with Crippen LogP contribution in [0.5, 0.6) is 0 Å². The zero-order valence-electron chi connectivity index (χ0n) is 18.1. The van der Waals surface area contributed by atoms with Gasteiger partial charge in [-0.05, 0) is 29.2 Å². The molecule has 2 heterocycles. The average molecular weight is 436 g/mol. The number of hydrogen-bond donors (Lipinski definition) is 0. The molecule has 0 bridgehead atoms. The molecule has 0 unspecified atom stereocenters. The highest BCUT2D eigenvalue weighted by Gasteiger charge is 2.22. The first-order valence-corrected chi connectivity index (χ1v) is 11.8. The molecule has 1 aliphatic heterocycles. The molecule has 7 heteroatoms. The Morgan fingerprint density at radius 3 is 2.39 bits per heavy atom. The van der Waals surface area contributed by atoms with Crippen LogP contribution in [-0.2, 0) is 11.3 Å². The molecular formula is C24H29N5OS. The van der Waals surface area contributed by atoms with Gasteiger partial charge in [-0.3, -0.25) is 14.3 Å². The SMILES string of the molecule is CC(C)c1ccc(CN2CCN(C(=O)CSc3nncn3-c3ccccc3)CC2)cc1. The minimum Gasteiger partial charge on any atom is -0.339 e. The summed E-state index contributed by atoms with van der Waals surface area (Å²) in [6.45, 7) is 8.73. The Balaban J connectivity index is 1.25. The minimum absolute atomic E-state index is 0.161. The van der Waals surface area contributed by atoms with Crippen molar-refractivity contribution in [3.8, 4) is 5.69 Å². The first-order valence-electron chi connectivity index (χ1n) is 10.8. The van der Waals surface area contributed by atoms with Gasteiger partial charge in [0.2, 0.25) is 5.91 Å². The predicted octanol–water partition coefficient (Wildman–Crippen LogP) is 3.83. The van der Waals surface area contributed by atoms with E-state index in [0.29, 0.717) is 11.7 Å². The van der Waals surface area contributed by atoms with Crippen LogP contribution in [0.2, 0.25) is 0 Å². The van der Waals surface area contributed by atoms with Crippen molar-refractivity contribution in [2.24, 2.45) is 0 Å². The summed E-state index contributed by atoms with van der Waals surface area (Å²) >= 11 is 1.44. The molecule has 31 heavy (non-hydrogen) atoms. The molecule has 1 saturated heterocycles. The first kappa shape index (κ1) is 21.6. The number of thioether (sulfide) groups is 1. The largest absolute Gasteiger partial charge is 0.339 e. The van der Waals surface area contributed by atoms with Crippen LogP contribution in [0.15, 0.2) is 66.1 Å². The van der Waals surface area contributed by atoms with E-state index < -0.39 is 0 Å². The van der Waals surface area contributed by atoms with Gasteiger partial charge in [0.05, 0.1) is 5.75 Å². The summed E-state index contributed by atoms with van der Waals surface area (Å²) in [7, 11) is 0. The van der Waals surface area contributed by atoms with E-state index in [-0.39, 0.29) is 5.91 Å². The van der Waals surface area contributed by atoms with E-state index in [1.807, 2.05) is 39.8 Å². The first-order chi connectivity index (χ1) is 15.1. The van der Waals surface area contributed by atoms with Crippen molar-refractivity contribution in [3.63, 3.8) is 0 Å². The summed E-state index contributed by atoms with van der Waals surface area (Å²) in [6, 6.07) is 18.9. The molecule has 2 aromatic carbocycles. The second-order valence-corrected chi connectivity index (χ2v) is 9.10. The minimum atomic E-state index is 0.161. The Morgan fingerprint density at radius 2 is 1.71 bits per heavy atom. The Morgan fingerprint density at radius 1 is 1.00 bits per heavy atom. The summed E-state index contributed by atoms with van der Waals surface area (Å²) in [6.07, 6.45) is 1.69. The van der Waals surface area contributed by atoms with Crippen molar-refractivity contribution in [2.75, 3.05) is 31.9 Å². The van der Waals surface area contributed by atoms with Crippen LogP contribution in [0.3, 0.4) is 0 Å². The van der Waals surface area contributed by atoms with Gasteiger partial charge in [0.1, 0.15) is 6.33 Å². The van der Waals surface area contributed by atoms with Gasteiger partial charge in [-0.2, -0.15) is 0 Å². The molecule has 1 fully saturated rings. The predicted molar refractivity (Wildman–Crippen MR) is 124 cm³/mol. The van der Waals surface area contributed by atoms with E-state index >= 15 is 0 Å². The highest BCUT2D eigenvalue weighted by atomic mass is 32.2. The van der Waals surface area contributed by atoms with Gasteiger partial charge in [0.25, 0.3) is 0 Å². The van der Waals surface area contributed by atoms with Crippen molar-refractivity contribution in [3.05, 3.63) is 72.1 Å². The van der Waals surface area contributed by atoms with Crippen LogP contribution in [0.4, 0.5) is 0 Å². The number of piperazine rings is 1. The normalized spacial score (nSPS) is 14.9. The number of hydrogen-bond acceptors (Lipinski definition) is 5. The lowest BCUT2D eigenvalue weighted by Crippen LogP contribution is -2.48. The van der Waals surface area contributed by atoms with E-state index in [1.165, 1.54) is 22.9 Å². The molecule has 4 rings (SSSR count). The molecule has 1 aromatic heterocycles. The average Bonchev–Trinajstić information content (AvgIpc) is 3.27. The maximum absolute atomic E-state index is 12.7. The number of carbonyl (C=O) groups is 1. The molecule has 1 amide bonds. The molecule has 162 valence electrons. The molecule has 0 radical (unpaired) electrons. The van der Waals surface area contributed by atoms with Crippen LogP contribution in [0.1, 0.15) is 30.9 Å². The Kier molecular flexibility index (Phi) is 7.04. The summed E-state index contributed by atoms with van der Waals surface area (Å²) in [5.74, 6) is 1.10. The van der Waals surface area contributed by atoms with Gasteiger partial charge in [0.15, 0.2) is 5.16 Å². The van der Waals surface area contributed by atoms with E-state index in [2.05, 4.69) is 53.2 Å². The number of amides is 1. The Labute approximate surface area is 188 Å². The van der Waals surface area contributed by atoms with Crippen LogP contribution in [-0.4, -0.2) is 62.4 Å². The van der Waals surface area contributed by atoms with Crippen molar-refractivity contribution in [1.82, 2.24) is 24.6 Å². The molecule has 0 spiro atoms. The van der Waals surface area contributed by atoms with Gasteiger partial charge in [-0.25, -0.2) is 0 Å². The quantitative estimate of drug-likeness (QED) is 0.528. The molecule has 0 atom stereocenters. The number of nitrogens with zero attached hydrogens (tertiary/aromatic N) is 5. The maximum Gasteiger partial charge on any atom is 0.233 e. The van der Waals surface area contributed by atoms with Crippen LogP contribution in [0, 0.1) is 0 Å². The number of carbonyl (C=O) groups excluding carboxylic acids is 1. The molecular weight excluding hydrogens is 406 g/mol. The highest BCUT2D eigenvalue weighted by molar-refractivity contribution is 7.99. The van der Waals surface area contributed by atoms with Crippen molar-refractivity contribution in [2.45, 2.75) is 31.5 Å². The lowest BCUT2D eigenvalue weighted by atomic mass is 10.0. The topological polar surface area (TPSA) is 54.3 Å². The van der Waals surface area contributed by atoms with Gasteiger partial charge in [-0.1, -0.05) is 68.1 Å². The van der Waals surface area contributed by atoms with E-state index in [4.69, 9.17) is 0 Å². The zero-order chi connectivity index (χ0) is 21.6. The van der Waals surface area contributed by atoms with E-state index in [0.717, 1.165) is 43.6 Å². The monoisotopic (exact) mass is 435 g/mol. The van der Waals surface area contributed by atoms with Crippen molar-refractivity contribution < 1.29 is 4.79 Å². The van der Waals surface area contributed by atoms with E-state index in [9.17, 15) is 4.79 Å². The number of para-hydroxylation sites is 1. The van der Waals surface area contributed by atoms with Crippen LogP contribution < -0.4 is 0 Å². The van der Waals surface area contributed by atoms with Gasteiger partial charge >= 0.3 is 0 Å². The molecule has 1 aliphatic rings. The number of rotatable bonds is 7. The van der Waals surface area contributed by atoms with Gasteiger partial charge in [0, 0.05) is 38.4 Å². The Bertz CT molecular complexity index is 979. The van der Waals surface area contributed by atoms with Crippen molar-refractivity contribution >= 4 is 17.7 Å². The summed E-state index contributed by atoms with van der Waals surface area (Å²) in [4.78, 5) is 17.1. The van der Waals surface area contributed by atoms with Gasteiger partial charge in [-0.15, -0.1) is 10.2 Å². The van der Waals surface area contributed by atoms with Crippen molar-refractivity contribution in [1.29, 1.82) is 0 Å². The van der Waals surface area contributed by atoms with Crippen LogP contribution in [0.25, 0.3) is 5.69 Å². The highest BCUT2D eigenvalue weighted by Crippen LogP contribution is 2.20. The third-order valence-corrected chi connectivity index (χ3v) is 6.58. The number of aromatic nitrogens is 3. The summed E-state index contributed by atoms with van der Waals surface area (Å²) in [5, 5.41) is 8.94. The van der Waals surface area contributed by atoms with E-state index in [1.54, 1.807) is 6.33 Å². The molecule has 0 saturated carbocycles. The molecule has 6 nitrogen and oxygen atoms in total. The molecule has 0 aliphatic carbocycles. The third kappa shape index (κ3) is 5.54. The second kappa shape index (κ2) is 10.1. The smallest absolute Gasteiger partial charge is 0.233 e. The number of benzene rings is 2. The summed E-state index contributed by atoms with van der Waals surface area (Å²) in [5.41, 5.74) is 3.71. The molecule has 0 N–H and O–H groups in total. The fourth-order valence-electron chi connectivity index (χ4n) is 3.73. The molecule has 3 aromatic rings. The lowest BCUT2D eigenvalue weighted by molar-refractivity contribution is -0.130. The maximum atomic E-state index is 12.7.